The Kier molecular flexibility index (Phi) is 6.63. The lowest BCUT2D eigenvalue weighted by atomic mass is 9.96. The van der Waals surface area contributed by atoms with Crippen LogP contribution in [0.1, 0.15) is 75.6 Å². The number of rotatable bonds is 9. The molecule has 0 spiro atoms. The predicted octanol–water partition coefficient (Wildman–Crippen LogP) is 3.21. The molecule has 4 heterocycles. The van der Waals surface area contributed by atoms with Gasteiger partial charge in [0, 0.05) is 29.8 Å². The quantitative estimate of drug-likeness (QED) is 0.278. The number of halogens is 1. The standard InChI is InChI=1S/C27H35FN6O3S/c1-27(2,3)38(37)32-21(15-4-5-15)6-7-22-19(11-17(28)12-29-22)24-18-10-16(18)14-33(24)23-8-9-34-25(31-23)20(13-30-34)26(35)36/h8-9,11-13,15-16,18,21,24,26,32,35-36H,4-7,10,14H2,1-3H3/t16?,18?,21-,24?,38?/m0/s1. The molecular weight excluding hydrogens is 507 g/mol. The molecule has 3 fully saturated rings. The van der Waals surface area contributed by atoms with Gasteiger partial charge in [-0.05, 0) is 88.3 Å². The summed E-state index contributed by atoms with van der Waals surface area (Å²) in [6, 6.07) is 3.56. The zero-order valence-electron chi connectivity index (χ0n) is 21.9. The molecule has 1 aliphatic heterocycles. The van der Waals surface area contributed by atoms with Gasteiger partial charge in [0.2, 0.25) is 0 Å². The van der Waals surface area contributed by atoms with Gasteiger partial charge in [0.15, 0.2) is 11.9 Å². The average Bonchev–Trinajstić information content (AvgIpc) is 3.78. The van der Waals surface area contributed by atoms with Crippen molar-refractivity contribution in [2.24, 2.45) is 17.8 Å². The smallest absolute Gasteiger partial charge is 0.183 e. The number of nitrogens with one attached hydrogen (secondary N) is 1. The van der Waals surface area contributed by atoms with E-state index in [-0.39, 0.29) is 28.2 Å². The van der Waals surface area contributed by atoms with Crippen molar-refractivity contribution < 1.29 is 19.2 Å². The van der Waals surface area contributed by atoms with Gasteiger partial charge in [-0.15, -0.1) is 4.72 Å². The molecule has 6 rings (SSSR count). The average molecular weight is 543 g/mol. The van der Waals surface area contributed by atoms with Crippen molar-refractivity contribution >= 4 is 22.8 Å². The van der Waals surface area contributed by atoms with E-state index in [0.29, 0.717) is 35.6 Å². The number of piperidine rings is 1. The lowest BCUT2D eigenvalue weighted by Crippen LogP contribution is -2.45. The summed E-state index contributed by atoms with van der Waals surface area (Å²) in [7, 11) is 0. The van der Waals surface area contributed by atoms with Crippen LogP contribution in [0.4, 0.5) is 10.2 Å². The fourth-order valence-corrected chi connectivity index (χ4v) is 6.70. The number of hydrogen-bond acceptors (Lipinski definition) is 8. The van der Waals surface area contributed by atoms with Crippen LogP contribution in [0.25, 0.3) is 5.65 Å². The first-order chi connectivity index (χ1) is 18.1. The maximum atomic E-state index is 14.6. The molecule has 2 aliphatic carbocycles. The minimum absolute atomic E-state index is 0.0605. The van der Waals surface area contributed by atoms with Crippen LogP contribution in [-0.2, 0) is 17.8 Å². The Morgan fingerprint density at radius 2 is 2.05 bits per heavy atom. The van der Waals surface area contributed by atoms with Crippen molar-refractivity contribution in [3.05, 3.63) is 53.4 Å². The summed E-state index contributed by atoms with van der Waals surface area (Å²) < 4.78 is 32.0. The summed E-state index contributed by atoms with van der Waals surface area (Å²) in [6.07, 6.45) is 7.60. The lowest BCUT2D eigenvalue weighted by Gasteiger charge is -2.31. The summed E-state index contributed by atoms with van der Waals surface area (Å²) in [6.45, 7) is 6.72. The summed E-state index contributed by atoms with van der Waals surface area (Å²) in [5.74, 6) is 1.77. The van der Waals surface area contributed by atoms with Gasteiger partial charge in [0.05, 0.1) is 30.0 Å². The third kappa shape index (κ3) is 5.02. The molecule has 204 valence electrons. The highest BCUT2D eigenvalue weighted by Crippen LogP contribution is 2.57. The first-order valence-corrected chi connectivity index (χ1v) is 14.5. The van der Waals surface area contributed by atoms with Crippen molar-refractivity contribution in [3.63, 3.8) is 0 Å². The van der Waals surface area contributed by atoms with Gasteiger partial charge in [-0.25, -0.2) is 13.9 Å². The van der Waals surface area contributed by atoms with Gasteiger partial charge in [-0.1, -0.05) is 0 Å². The number of aryl methyl sites for hydroxylation is 1. The number of nitrogens with zero attached hydrogens (tertiary/aromatic N) is 5. The predicted molar refractivity (Wildman–Crippen MR) is 142 cm³/mol. The Morgan fingerprint density at radius 3 is 2.76 bits per heavy atom. The van der Waals surface area contributed by atoms with Crippen LogP contribution in [-0.4, -0.2) is 51.7 Å². The first kappa shape index (κ1) is 25.9. The van der Waals surface area contributed by atoms with E-state index in [1.165, 1.54) is 16.9 Å². The third-order valence-corrected chi connectivity index (χ3v) is 9.72. The number of aliphatic hydroxyl groups excluding tert-OH is 1. The maximum Gasteiger partial charge on any atom is 0.183 e. The SMILES string of the molecule is CC(C)(C)[S+]([O-])N[C@@H](CCc1ncc(F)cc1C1C2CC2CN1c1ccn2ncc(C(O)O)c2n1)C1CC1. The van der Waals surface area contributed by atoms with Crippen LogP contribution in [0, 0.1) is 23.6 Å². The van der Waals surface area contributed by atoms with E-state index in [1.54, 1.807) is 12.3 Å². The number of fused-ring (bicyclic) bond motifs is 2. The monoisotopic (exact) mass is 542 g/mol. The second kappa shape index (κ2) is 9.71. The van der Waals surface area contributed by atoms with Crippen LogP contribution in [0.3, 0.4) is 0 Å². The number of pyridine rings is 1. The van der Waals surface area contributed by atoms with Gasteiger partial charge in [0.1, 0.15) is 16.4 Å². The van der Waals surface area contributed by atoms with Crippen molar-refractivity contribution in [1.29, 1.82) is 0 Å². The van der Waals surface area contributed by atoms with E-state index in [4.69, 9.17) is 4.98 Å². The van der Waals surface area contributed by atoms with Crippen molar-refractivity contribution in [3.8, 4) is 0 Å². The van der Waals surface area contributed by atoms with Crippen molar-refractivity contribution in [2.45, 2.75) is 76.0 Å². The molecule has 3 N–H and O–H groups in total. The second-order valence-corrected chi connectivity index (χ2v) is 14.0. The van der Waals surface area contributed by atoms with E-state index in [2.05, 4.69) is 19.7 Å². The minimum Gasteiger partial charge on any atom is -0.598 e. The molecule has 3 aromatic rings. The summed E-state index contributed by atoms with van der Waals surface area (Å²) in [5.41, 5.74) is 2.39. The molecule has 1 saturated heterocycles. The Hall–Kier alpha value is -2.31. The molecule has 0 amide bonds. The van der Waals surface area contributed by atoms with Crippen molar-refractivity contribution in [2.75, 3.05) is 11.4 Å². The van der Waals surface area contributed by atoms with Gasteiger partial charge >= 0.3 is 0 Å². The Labute approximate surface area is 224 Å². The molecule has 9 nitrogen and oxygen atoms in total. The second-order valence-electron chi connectivity index (χ2n) is 12.0. The third-order valence-electron chi connectivity index (χ3n) is 8.09. The van der Waals surface area contributed by atoms with Gasteiger partial charge in [0.25, 0.3) is 0 Å². The number of anilines is 1. The number of hydrogen-bond donors (Lipinski definition) is 3. The summed E-state index contributed by atoms with van der Waals surface area (Å²) >= 11 is -1.15. The molecule has 3 aromatic heterocycles. The van der Waals surface area contributed by atoms with Crippen LogP contribution in [0.15, 0.2) is 30.7 Å². The Morgan fingerprint density at radius 1 is 1.26 bits per heavy atom. The van der Waals surface area contributed by atoms with Crippen LogP contribution >= 0.6 is 0 Å². The van der Waals surface area contributed by atoms with E-state index < -0.39 is 17.7 Å². The van der Waals surface area contributed by atoms with Crippen LogP contribution in [0.5, 0.6) is 0 Å². The molecule has 3 aliphatic rings. The molecule has 11 heteroatoms. The fourth-order valence-electron chi connectivity index (χ4n) is 5.76. The largest absolute Gasteiger partial charge is 0.598 e. The van der Waals surface area contributed by atoms with Gasteiger partial charge in [-0.2, -0.15) is 5.10 Å². The molecule has 0 aromatic carbocycles. The van der Waals surface area contributed by atoms with E-state index in [1.807, 2.05) is 26.8 Å². The van der Waals surface area contributed by atoms with Crippen LogP contribution < -0.4 is 9.62 Å². The molecule has 0 bridgehead atoms. The molecule has 5 atom stereocenters. The highest BCUT2D eigenvalue weighted by Gasteiger charge is 2.54. The summed E-state index contributed by atoms with van der Waals surface area (Å²) in [4.78, 5) is 11.5. The zero-order valence-corrected chi connectivity index (χ0v) is 22.7. The minimum atomic E-state index is -1.67. The highest BCUT2D eigenvalue weighted by molar-refractivity contribution is 7.90. The molecule has 4 unspecified atom stereocenters. The molecular formula is C27H35FN6O3S. The zero-order chi connectivity index (χ0) is 26.8. The maximum absolute atomic E-state index is 14.6. The lowest BCUT2D eigenvalue weighted by molar-refractivity contribution is -0.0414. The molecule has 0 radical (unpaired) electrons. The van der Waals surface area contributed by atoms with E-state index in [0.717, 1.165) is 43.5 Å². The molecule has 2 saturated carbocycles. The fraction of sp³-hybridized carbons (Fsp3) is 0.593. The van der Waals surface area contributed by atoms with Gasteiger partial charge < -0.3 is 19.7 Å². The Bertz CT molecular complexity index is 1330. The number of aromatic nitrogens is 4. The van der Waals surface area contributed by atoms with Crippen LogP contribution in [0.2, 0.25) is 0 Å². The summed E-state index contributed by atoms with van der Waals surface area (Å²) in [5, 5.41) is 23.6. The number of aliphatic hydroxyl groups is 2. The van der Waals surface area contributed by atoms with Crippen molar-refractivity contribution in [1.82, 2.24) is 24.3 Å². The molecule has 38 heavy (non-hydrogen) atoms. The van der Waals surface area contributed by atoms with E-state index >= 15 is 0 Å². The first-order valence-electron chi connectivity index (χ1n) is 13.4. The normalized spacial score (nSPS) is 24.7. The Balaban J connectivity index is 1.28. The topological polar surface area (TPSA) is 122 Å². The van der Waals surface area contributed by atoms with Gasteiger partial charge in [-0.3, -0.25) is 4.98 Å². The van der Waals surface area contributed by atoms with E-state index in [9.17, 15) is 19.2 Å². The highest BCUT2D eigenvalue weighted by atomic mass is 32.2.